The molecule has 1 aromatic rings. The summed E-state index contributed by atoms with van der Waals surface area (Å²) in [4.78, 5) is 0. The van der Waals surface area contributed by atoms with E-state index in [2.05, 4.69) is 58.6 Å². The molecule has 0 saturated heterocycles. The molecule has 0 aliphatic heterocycles. The van der Waals surface area contributed by atoms with Crippen molar-refractivity contribution in [3.8, 4) is 17.6 Å². The Kier molecular flexibility index (Phi) is 5.28. The number of hydrogen-bond acceptors (Lipinski definition) is 1. The topological polar surface area (TPSA) is 9.23 Å². The molecule has 0 aromatic heterocycles. The van der Waals surface area contributed by atoms with E-state index in [4.69, 9.17) is 4.74 Å². The third-order valence-corrected chi connectivity index (χ3v) is 3.51. The number of ether oxygens (including phenoxy) is 1. The van der Waals surface area contributed by atoms with Crippen LogP contribution in [0, 0.1) is 31.6 Å². The van der Waals surface area contributed by atoms with Crippen LogP contribution >= 0.6 is 0 Å². The lowest BCUT2D eigenvalue weighted by Crippen LogP contribution is -2.08. The van der Waals surface area contributed by atoms with Gasteiger partial charge in [0.05, 0.1) is 7.11 Å². The van der Waals surface area contributed by atoms with E-state index < -0.39 is 0 Å². The predicted molar refractivity (Wildman–Crippen MR) is 78.1 cm³/mol. The van der Waals surface area contributed by atoms with Crippen molar-refractivity contribution < 1.29 is 4.74 Å². The molecule has 0 radical (unpaired) electrons. The van der Waals surface area contributed by atoms with Crippen molar-refractivity contribution >= 4 is 0 Å². The summed E-state index contributed by atoms with van der Waals surface area (Å²) in [5.41, 5.74) is 4.00. The van der Waals surface area contributed by atoms with E-state index in [1.165, 1.54) is 16.7 Å². The summed E-state index contributed by atoms with van der Waals surface area (Å²) in [6.07, 6.45) is 0.928. The molecule has 0 amide bonds. The van der Waals surface area contributed by atoms with Crippen LogP contribution in [-0.4, -0.2) is 7.11 Å². The quantitative estimate of drug-likeness (QED) is 0.713. The summed E-state index contributed by atoms with van der Waals surface area (Å²) >= 11 is 0. The van der Waals surface area contributed by atoms with Gasteiger partial charge < -0.3 is 4.74 Å². The van der Waals surface area contributed by atoms with Crippen molar-refractivity contribution in [2.24, 2.45) is 5.92 Å². The SMILES string of the molecule is CCC#CC(C)C(C)c1c(C)cc(OC)cc1C. The number of benzene rings is 1. The second kappa shape index (κ2) is 6.50. The Hall–Kier alpha value is -1.42. The molecule has 18 heavy (non-hydrogen) atoms. The van der Waals surface area contributed by atoms with Gasteiger partial charge in [0.15, 0.2) is 0 Å². The minimum Gasteiger partial charge on any atom is -0.497 e. The molecule has 1 rings (SSSR count). The highest BCUT2D eigenvalue weighted by atomic mass is 16.5. The van der Waals surface area contributed by atoms with Crippen LogP contribution in [0.3, 0.4) is 0 Å². The highest BCUT2D eigenvalue weighted by molar-refractivity contribution is 5.43. The van der Waals surface area contributed by atoms with Gasteiger partial charge in [-0.25, -0.2) is 0 Å². The van der Waals surface area contributed by atoms with Crippen LogP contribution in [0.5, 0.6) is 5.75 Å². The molecule has 0 spiro atoms. The maximum atomic E-state index is 5.31. The first-order chi connectivity index (χ1) is 8.51. The monoisotopic (exact) mass is 244 g/mol. The van der Waals surface area contributed by atoms with Gasteiger partial charge in [-0.15, -0.1) is 5.92 Å². The Balaban J connectivity index is 3.09. The Labute approximate surface area is 112 Å². The molecule has 0 aliphatic rings. The van der Waals surface area contributed by atoms with E-state index in [9.17, 15) is 0 Å². The van der Waals surface area contributed by atoms with Gasteiger partial charge in [0.1, 0.15) is 5.75 Å². The summed E-state index contributed by atoms with van der Waals surface area (Å²) in [6.45, 7) is 10.9. The van der Waals surface area contributed by atoms with E-state index >= 15 is 0 Å². The van der Waals surface area contributed by atoms with Crippen molar-refractivity contribution in [2.45, 2.75) is 47.0 Å². The molecule has 1 nitrogen and oxygen atoms in total. The molecular formula is C17H24O. The summed E-state index contributed by atoms with van der Waals surface area (Å²) in [5, 5.41) is 0. The Morgan fingerprint density at radius 3 is 2.17 bits per heavy atom. The van der Waals surface area contributed by atoms with Gasteiger partial charge in [-0.2, -0.15) is 0 Å². The molecule has 1 aromatic carbocycles. The van der Waals surface area contributed by atoms with Crippen LogP contribution in [0.25, 0.3) is 0 Å². The fourth-order valence-corrected chi connectivity index (χ4v) is 2.41. The largest absolute Gasteiger partial charge is 0.497 e. The van der Waals surface area contributed by atoms with Crippen molar-refractivity contribution in [1.82, 2.24) is 0 Å². The minimum absolute atomic E-state index is 0.385. The van der Waals surface area contributed by atoms with Crippen molar-refractivity contribution in [2.75, 3.05) is 7.11 Å². The van der Waals surface area contributed by atoms with Gasteiger partial charge in [0, 0.05) is 12.3 Å². The van der Waals surface area contributed by atoms with E-state index in [0.717, 1.165) is 12.2 Å². The van der Waals surface area contributed by atoms with Gasteiger partial charge in [0.25, 0.3) is 0 Å². The molecule has 0 N–H and O–H groups in total. The third-order valence-electron chi connectivity index (χ3n) is 3.51. The maximum absolute atomic E-state index is 5.31. The lowest BCUT2D eigenvalue weighted by molar-refractivity contribution is 0.413. The Morgan fingerprint density at radius 2 is 1.72 bits per heavy atom. The zero-order chi connectivity index (χ0) is 13.7. The summed E-state index contributed by atoms with van der Waals surface area (Å²) in [5.74, 6) is 8.29. The summed E-state index contributed by atoms with van der Waals surface area (Å²) in [6, 6.07) is 4.22. The standard InChI is InChI=1S/C17H24O/c1-7-8-9-12(2)15(5)17-13(3)10-16(18-6)11-14(17)4/h10-12,15H,7H2,1-6H3. The van der Waals surface area contributed by atoms with Crippen LogP contribution in [0.15, 0.2) is 12.1 Å². The maximum Gasteiger partial charge on any atom is 0.119 e. The molecule has 1 heteroatoms. The average Bonchev–Trinajstić information content (AvgIpc) is 2.34. The molecule has 0 fully saturated rings. The van der Waals surface area contributed by atoms with Crippen LogP contribution < -0.4 is 4.74 Å². The Bertz CT molecular complexity index is 439. The van der Waals surface area contributed by atoms with Gasteiger partial charge in [0.2, 0.25) is 0 Å². The lowest BCUT2D eigenvalue weighted by Gasteiger charge is -2.21. The highest BCUT2D eigenvalue weighted by Gasteiger charge is 2.17. The lowest BCUT2D eigenvalue weighted by atomic mass is 9.84. The predicted octanol–water partition coefficient (Wildman–Crippen LogP) is 4.47. The molecule has 2 unspecified atom stereocenters. The molecular weight excluding hydrogens is 220 g/mol. The first kappa shape index (κ1) is 14.6. The molecule has 98 valence electrons. The van der Waals surface area contributed by atoms with E-state index in [-0.39, 0.29) is 0 Å². The fraction of sp³-hybridized carbons (Fsp3) is 0.529. The Morgan fingerprint density at radius 1 is 1.17 bits per heavy atom. The van der Waals surface area contributed by atoms with E-state index in [0.29, 0.717) is 11.8 Å². The zero-order valence-electron chi connectivity index (χ0n) is 12.4. The number of aryl methyl sites for hydroxylation is 2. The zero-order valence-corrected chi connectivity index (χ0v) is 12.4. The van der Waals surface area contributed by atoms with Crippen LogP contribution in [-0.2, 0) is 0 Å². The summed E-state index contributed by atoms with van der Waals surface area (Å²) in [7, 11) is 1.71. The molecule has 0 bridgehead atoms. The van der Waals surface area contributed by atoms with Crippen LogP contribution in [0.2, 0.25) is 0 Å². The van der Waals surface area contributed by atoms with Gasteiger partial charge in [-0.05, 0) is 48.6 Å². The average molecular weight is 244 g/mol. The van der Waals surface area contributed by atoms with Crippen LogP contribution in [0.1, 0.15) is 49.8 Å². The first-order valence-electron chi connectivity index (χ1n) is 6.64. The minimum atomic E-state index is 0.385. The van der Waals surface area contributed by atoms with Crippen molar-refractivity contribution in [1.29, 1.82) is 0 Å². The molecule has 0 heterocycles. The number of rotatable bonds is 3. The van der Waals surface area contributed by atoms with Gasteiger partial charge >= 0.3 is 0 Å². The normalized spacial score (nSPS) is 13.4. The molecule has 0 saturated carbocycles. The molecule has 2 atom stereocenters. The summed E-state index contributed by atoms with van der Waals surface area (Å²) < 4.78 is 5.31. The number of hydrogen-bond donors (Lipinski definition) is 0. The second-order valence-electron chi connectivity index (χ2n) is 4.93. The smallest absolute Gasteiger partial charge is 0.119 e. The van der Waals surface area contributed by atoms with Crippen molar-refractivity contribution in [3.63, 3.8) is 0 Å². The fourth-order valence-electron chi connectivity index (χ4n) is 2.41. The first-order valence-corrected chi connectivity index (χ1v) is 6.64. The number of methoxy groups -OCH3 is 1. The molecule has 0 aliphatic carbocycles. The van der Waals surface area contributed by atoms with E-state index in [1.807, 2.05) is 0 Å². The highest BCUT2D eigenvalue weighted by Crippen LogP contribution is 2.32. The van der Waals surface area contributed by atoms with Gasteiger partial charge in [-0.3, -0.25) is 0 Å². The van der Waals surface area contributed by atoms with Gasteiger partial charge in [-0.1, -0.05) is 26.7 Å². The van der Waals surface area contributed by atoms with Crippen molar-refractivity contribution in [3.05, 3.63) is 28.8 Å². The van der Waals surface area contributed by atoms with Crippen LogP contribution in [0.4, 0.5) is 0 Å². The second-order valence-corrected chi connectivity index (χ2v) is 4.93. The van der Waals surface area contributed by atoms with E-state index in [1.54, 1.807) is 7.11 Å². The third kappa shape index (κ3) is 3.29.